The van der Waals surface area contributed by atoms with E-state index in [4.69, 9.17) is 37.7 Å². The standard InChI is InChI=1S/C35H30Cl2N6O5/c1-6-28(44)39-22-13-12-20(19(3)14-22)18-43-33-21(15-23(34(43)46)30-31(36)26(47-4)16-27(48-5)32(30)37)17-38-35(42-33)41-25-11-9-8-10-24(25)40-29(45)7-2/h6-17H,1-2,18H2,3-5H3,(H,39,44)(H,40,45)(H,38,41,42). The monoisotopic (exact) mass is 684 g/mol. The van der Waals surface area contributed by atoms with E-state index in [9.17, 15) is 14.4 Å². The Labute approximate surface area is 285 Å². The highest BCUT2D eigenvalue weighted by Gasteiger charge is 2.24. The Bertz CT molecular complexity index is 2140. The van der Waals surface area contributed by atoms with Gasteiger partial charge >= 0.3 is 0 Å². The summed E-state index contributed by atoms with van der Waals surface area (Å²) in [6.45, 7) is 8.94. The van der Waals surface area contributed by atoms with Crippen molar-refractivity contribution in [2.45, 2.75) is 13.5 Å². The summed E-state index contributed by atoms with van der Waals surface area (Å²) in [5, 5.41) is 9.38. The summed E-state index contributed by atoms with van der Waals surface area (Å²) in [6.07, 6.45) is 3.91. The molecule has 5 rings (SSSR count). The van der Waals surface area contributed by atoms with Gasteiger partial charge in [0.15, 0.2) is 0 Å². The van der Waals surface area contributed by atoms with Crippen LogP contribution in [0.15, 0.2) is 90.9 Å². The Balaban J connectivity index is 1.70. The van der Waals surface area contributed by atoms with E-state index in [2.05, 4.69) is 34.1 Å². The van der Waals surface area contributed by atoms with Gasteiger partial charge in [-0.2, -0.15) is 4.98 Å². The third kappa shape index (κ3) is 6.87. The number of carbonyl (C=O) groups excluding carboxylic acids is 2. The molecule has 0 spiro atoms. The molecule has 0 fully saturated rings. The predicted octanol–water partition coefficient (Wildman–Crippen LogP) is 7.13. The van der Waals surface area contributed by atoms with Gasteiger partial charge in [0.05, 0.1) is 47.7 Å². The van der Waals surface area contributed by atoms with Gasteiger partial charge < -0.3 is 25.4 Å². The molecule has 0 atom stereocenters. The molecule has 2 heterocycles. The van der Waals surface area contributed by atoms with E-state index in [0.717, 1.165) is 17.2 Å². The molecule has 5 aromatic rings. The maximum absolute atomic E-state index is 14.5. The SMILES string of the molecule is C=CC(=O)Nc1ccc(Cn2c(=O)c(-c3c(Cl)c(OC)cc(OC)c3Cl)cc3cnc(Nc4ccccc4NC(=O)C=C)nc32)c(C)c1. The lowest BCUT2D eigenvalue weighted by molar-refractivity contribution is -0.112. The number of nitrogens with zero attached hydrogens (tertiary/aromatic N) is 3. The van der Waals surface area contributed by atoms with Crippen LogP contribution in [0.3, 0.4) is 0 Å². The number of pyridine rings is 1. The van der Waals surface area contributed by atoms with Crippen molar-refractivity contribution in [3.05, 3.63) is 118 Å². The normalized spacial score (nSPS) is 10.7. The van der Waals surface area contributed by atoms with Gasteiger partial charge in [0, 0.05) is 28.9 Å². The van der Waals surface area contributed by atoms with E-state index in [1.165, 1.54) is 24.9 Å². The van der Waals surface area contributed by atoms with Crippen LogP contribution < -0.4 is 31.0 Å². The molecule has 3 aromatic carbocycles. The number of hydrogen-bond acceptors (Lipinski definition) is 8. The third-order valence-electron chi connectivity index (χ3n) is 7.41. The molecule has 0 aliphatic rings. The second-order valence-corrected chi connectivity index (χ2v) is 11.2. The van der Waals surface area contributed by atoms with E-state index in [0.29, 0.717) is 28.1 Å². The van der Waals surface area contributed by atoms with Crippen molar-refractivity contribution in [2.24, 2.45) is 0 Å². The first-order valence-electron chi connectivity index (χ1n) is 14.4. The van der Waals surface area contributed by atoms with Gasteiger partial charge in [-0.3, -0.25) is 19.0 Å². The quantitative estimate of drug-likeness (QED) is 0.125. The Morgan fingerprint density at radius 3 is 2.19 bits per heavy atom. The molecule has 2 amide bonds. The van der Waals surface area contributed by atoms with Crippen LogP contribution in [0.1, 0.15) is 11.1 Å². The van der Waals surface area contributed by atoms with Gasteiger partial charge in [-0.25, -0.2) is 4.98 Å². The third-order valence-corrected chi connectivity index (χ3v) is 8.16. The number of fused-ring (bicyclic) bond motifs is 1. The highest BCUT2D eigenvalue weighted by atomic mass is 35.5. The predicted molar refractivity (Wildman–Crippen MR) is 190 cm³/mol. The maximum atomic E-state index is 14.5. The summed E-state index contributed by atoms with van der Waals surface area (Å²) in [6, 6.07) is 15.5. The molecular weight excluding hydrogens is 655 g/mol. The molecule has 0 unspecified atom stereocenters. The summed E-state index contributed by atoms with van der Waals surface area (Å²) < 4.78 is 12.4. The first-order chi connectivity index (χ1) is 23.1. The number of hydrogen-bond donors (Lipinski definition) is 3. The lowest BCUT2D eigenvalue weighted by atomic mass is 10.0. The number of rotatable bonds is 11. The largest absolute Gasteiger partial charge is 0.495 e. The van der Waals surface area contributed by atoms with Gasteiger partial charge in [-0.05, 0) is 60.5 Å². The topological polar surface area (TPSA) is 136 Å². The van der Waals surface area contributed by atoms with Crippen LogP contribution in [-0.2, 0) is 16.1 Å². The van der Waals surface area contributed by atoms with Crippen molar-refractivity contribution < 1.29 is 19.1 Å². The minimum Gasteiger partial charge on any atom is -0.495 e. The molecule has 11 nitrogen and oxygen atoms in total. The fourth-order valence-electron chi connectivity index (χ4n) is 4.99. The second kappa shape index (κ2) is 14.4. The molecule has 0 aliphatic heterocycles. The first-order valence-corrected chi connectivity index (χ1v) is 15.2. The Morgan fingerprint density at radius 2 is 1.56 bits per heavy atom. The van der Waals surface area contributed by atoms with E-state index >= 15 is 0 Å². The smallest absolute Gasteiger partial charge is 0.260 e. The zero-order valence-corrected chi connectivity index (χ0v) is 27.7. The molecule has 13 heteroatoms. The minimum absolute atomic E-state index is 0.0868. The zero-order chi connectivity index (χ0) is 34.5. The van der Waals surface area contributed by atoms with Crippen molar-refractivity contribution in [2.75, 3.05) is 30.2 Å². The molecule has 244 valence electrons. The molecule has 3 N–H and O–H groups in total. The lowest BCUT2D eigenvalue weighted by Gasteiger charge is -2.18. The fraction of sp³-hybridized carbons (Fsp3) is 0.114. The Kier molecular flexibility index (Phi) is 10.1. The average Bonchev–Trinajstić information content (AvgIpc) is 3.08. The van der Waals surface area contributed by atoms with Gasteiger partial charge in [0.25, 0.3) is 5.56 Å². The van der Waals surface area contributed by atoms with Crippen molar-refractivity contribution >= 4 is 69.1 Å². The van der Waals surface area contributed by atoms with Crippen molar-refractivity contribution in [3.63, 3.8) is 0 Å². The number of anilines is 4. The van der Waals surface area contributed by atoms with Crippen molar-refractivity contribution in [3.8, 4) is 22.6 Å². The molecule has 0 bridgehead atoms. The number of para-hydroxylation sites is 2. The number of aromatic nitrogens is 3. The number of methoxy groups -OCH3 is 2. The molecular formula is C35H30Cl2N6O5. The molecule has 0 radical (unpaired) electrons. The van der Waals surface area contributed by atoms with E-state index < -0.39 is 5.56 Å². The number of halogens is 2. The molecule has 0 aliphatic carbocycles. The number of amides is 2. The van der Waals surface area contributed by atoms with Crippen LogP contribution in [0, 0.1) is 6.92 Å². The van der Waals surface area contributed by atoms with Crippen LogP contribution in [-0.4, -0.2) is 40.6 Å². The highest BCUT2D eigenvalue weighted by Crippen LogP contribution is 2.45. The van der Waals surface area contributed by atoms with Crippen LogP contribution in [0.25, 0.3) is 22.2 Å². The van der Waals surface area contributed by atoms with Crippen LogP contribution in [0.5, 0.6) is 11.5 Å². The van der Waals surface area contributed by atoms with Crippen molar-refractivity contribution in [1.82, 2.24) is 14.5 Å². The highest BCUT2D eigenvalue weighted by molar-refractivity contribution is 6.41. The molecule has 0 saturated heterocycles. The van der Waals surface area contributed by atoms with Gasteiger partial charge in [0.1, 0.15) is 17.1 Å². The Hall–Kier alpha value is -5.65. The zero-order valence-electron chi connectivity index (χ0n) is 26.2. The summed E-state index contributed by atoms with van der Waals surface area (Å²) in [7, 11) is 2.90. The van der Waals surface area contributed by atoms with E-state index in [1.54, 1.807) is 54.7 Å². The maximum Gasteiger partial charge on any atom is 0.260 e. The van der Waals surface area contributed by atoms with Crippen molar-refractivity contribution in [1.29, 1.82) is 0 Å². The summed E-state index contributed by atoms with van der Waals surface area (Å²) >= 11 is 13.5. The fourth-order valence-corrected chi connectivity index (χ4v) is 5.69. The Morgan fingerprint density at radius 1 is 0.917 bits per heavy atom. The van der Waals surface area contributed by atoms with E-state index in [1.807, 2.05) is 13.0 Å². The molecule has 0 saturated carbocycles. The van der Waals surface area contributed by atoms with Gasteiger partial charge in [-0.15, -0.1) is 0 Å². The molecule has 2 aromatic heterocycles. The number of ether oxygens (including phenoxy) is 2. The van der Waals surface area contributed by atoms with Crippen LogP contribution in [0.4, 0.5) is 23.0 Å². The average molecular weight is 686 g/mol. The van der Waals surface area contributed by atoms with Gasteiger partial charge in [0.2, 0.25) is 17.8 Å². The lowest BCUT2D eigenvalue weighted by Crippen LogP contribution is -2.24. The minimum atomic E-state index is -0.451. The summed E-state index contributed by atoms with van der Waals surface area (Å²) in [5.41, 5.74) is 3.41. The first kappa shape index (κ1) is 33.7. The van der Waals surface area contributed by atoms with Crippen LogP contribution in [0.2, 0.25) is 10.0 Å². The summed E-state index contributed by atoms with van der Waals surface area (Å²) in [5.74, 6) is -0.0270. The summed E-state index contributed by atoms with van der Waals surface area (Å²) in [4.78, 5) is 47.6. The number of carbonyl (C=O) groups is 2. The van der Waals surface area contributed by atoms with Gasteiger partial charge in [-0.1, -0.05) is 54.6 Å². The number of aryl methyl sites for hydroxylation is 1. The second-order valence-electron chi connectivity index (χ2n) is 10.4. The number of nitrogens with one attached hydrogen (secondary N) is 3. The van der Waals surface area contributed by atoms with Crippen LogP contribution >= 0.6 is 23.2 Å². The molecule has 48 heavy (non-hydrogen) atoms. The van der Waals surface area contributed by atoms with E-state index in [-0.39, 0.29) is 57.0 Å². The number of benzene rings is 3.